The third kappa shape index (κ3) is 3.68. The summed E-state index contributed by atoms with van der Waals surface area (Å²) >= 11 is 0. The summed E-state index contributed by atoms with van der Waals surface area (Å²) in [4.78, 5) is 12.2. The number of amides is 1. The van der Waals surface area contributed by atoms with Gasteiger partial charge in [-0.05, 0) is 61.4 Å². The van der Waals surface area contributed by atoms with Crippen molar-refractivity contribution >= 4 is 5.91 Å². The molecule has 0 aliphatic carbocycles. The smallest absolute Gasteiger partial charge is 0.251 e. The number of carbonyl (C=O) groups excluding carboxylic acids is 1. The van der Waals surface area contributed by atoms with E-state index in [0.29, 0.717) is 18.5 Å². The van der Waals surface area contributed by atoms with E-state index in [2.05, 4.69) is 10.4 Å². The molecule has 3 aromatic rings. The first kappa shape index (κ1) is 15.9. The van der Waals surface area contributed by atoms with Crippen molar-refractivity contribution in [2.75, 3.05) is 6.54 Å². The fourth-order valence-corrected chi connectivity index (χ4v) is 2.47. The average molecular weight is 323 g/mol. The zero-order valence-electron chi connectivity index (χ0n) is 13.4. The van der Waals surface area contributed by atoms with Crippen LogP contribution in [0.2, 0.25) is 0 Å². The van der Waals surface area contributed by atoms with E-state index in [1.54, 1.807) is 30.5 Å². The van der Waals surface area contributed by atoms with Crippen LogP contribution in [0, 0.1) is 12.7 Å². The zero-order valence-corrected chi connectivity index (χ0v) is 13.4. The van der Waals surface area contributed by atoms with Gasteiger partial charge in [-0.15, -0.1) is 0 Å². The molecule has 0 spiro atoms. The Kier molecular flexibility index (Phi) is 4.70. The number of rotatable bonds is 5. The first-order valence-corrected chi connectivity index (χ1v) is 7.77. The number of halogens is 1. The molecule has 3 rings (SSSR count). The number of benzene rings is 2. The molecular formula is C19H18FN3O. The Labute approximate surface area is 139 Å². The molecular weight excluding hydrogens is 305 g/mol. The molecule has 0 aliphatic rings. The highest BCUT2D eigenvalue weighted by Crippen LogP contribution is 2.11. The maximum absolute atomic E-state index is 12.8. The van der Waals surface area contributed by atoms with Gasteiger partial charge in [-0.25, -0.2) is 9.07 Å². The van der Waals surface area contributed by atoms with Gasteiger partial charge in [0.25, 0.3) is 5.91 Å². The van der Waals surface area contributed by atoms with Crippen LogP contribution in [-0.2, 0) is 6.42 Å². The topological polar surface area (TPSA) is 46.9 Å². The van der Waals surface area contributed by atoms with Crippen molar-refractivity contribution in [2.24, 2.45) is 0 Å². The molecule has 0 aliphatic heterocycles. The van der Waals surface area contributed by atoms with Gasteiger partial charge in [-0.1, -0.05) is 12.1 Å². The molecule has 1 N–H and O–H groups in total. The molecule has 0 unspecified atom stereocenters. The van der Waals surface area contributed by atoms with Crippen molar-refractivity contribution < 1.29 is 9.18 Å². The van der Waals surface area contributed by atoms with Crippen LogP contribution in [0.15, 0.2) is 60.8 Å². The lowest BCUT2D eigenvalue weighted by Gasteiger charge is -2.08. The Balaban J connectivity index is 1.57. The van der Waals surface area contributed by atoms with Crippen molar-refractivity contribution in [3.05, 3.63) is 83.4 Å². The maximum atomic E-state index is 12.8. The fraction of sp³-hybridized carbons (Fsp3) is 0.158. The Morgan fingerprint density at radius 3 is 2.42 bits per heavy atom. The molecule has 5 heteroatoms. The van der Waals surface area contributed by atoms with Gasteiger partial charge in [0, 0.05) is 24.0 Å². The molecule has 1 heterocycles. The fourth-order valence-electron chi connectivity index (χ4n) is 2.47. The van der Waals surface area contributed by atoms with Crippen molar-refractivity contribution in [3.8, 4) is 5.69 Å². The molecule has 0 radical (unpaired) electrons. The predicted octanol–water partition coefficient (Wildman–Crippen LogP) is 3.29. The zero-order chi connectivity index (χ0) is 16.9. The lowest BCUT2D eigenvalue weighted by molar-refractivity contribution is 0.0954. The molecule has 0 bridgehead atoms. The maximum Gasteiger partial charge on any atom is 0.251 e. The van der Waals surface area contributed by atoms with Crippen LogP contribution >= 0.6 is 0 Å². The number of carbonyl (C=O) groups is 1. The SMILES string of the molecule is Cc1ccnn1-c1ccc(C(=O)NCCc2ccc(F)cc2)cc1. The van der Waals surface area contributed by atoms with Crippen LogP contribution in [0.1, 0.15) is 21.6 Å². The van der Waals surface area contributed by atoms with Crippen LogP contribution in [0.3, 0.4) is 0 Å². The largest absolute Gasteiger partial charge is 0.352 e. The van der Waals surface area contributed by atoms with E-state index in [0.717, 1.165) is 16.9 Å². The summed E-state index contributed by atoms with van der Waals surface area (Å²) in [5, 5.41) is 7.11. The van der Waals surface area contributed by atoms with Gasteiger partial charge >= 0.3 is 0 Å². The summed E-state index contributed by atoms with van der Waals surface area (Å²) < 4.78 is 14.7. The standard InChI is InChI=1S/C19H18FN3O/c1-14-10-13-22-23(14)18-8-4-16(5-9-18)19(24)21-12-11-15-2-6-17(20)7-3-15/h2-10,13H,11-12H2,1H3,(H,21,24). The van der Waals surface area contributed by atoms with Crippen molar-refractivity contribution in [1.82, 2.24) is 15.1 Å². The van der Waals surface area contributed by atoms with Crippen LogP contribution in [-0.4, -0.2) is 22.2 Å². The minimum atomic E-state index is -0.254. The number of aromatic nitrogens is 2. The van der Waals surface area contributed by atoms with E-state index in [1.807, 2.05) is 29.8 Å². The molecule has 0 fully saturated rings. The van der Waals surface area contributed by atoms with Gasteiger partial charge in [-0.3, -0.25) is 4.79 Å². The highest BCUT2D eigenvalue weighted by molar-refractivity contribution is 5.94. The second-order valence-electron chi connectivity index (χ2n) is 5.56. The van der Waals surface area contributed by atoms with E-state index in [1.165, 1.54) is 12.1 Å². The Hall–Kier alpha value is -2.95. The number of hydrogen-bond donors (Lipinski definition) is 1. The summed E-state index contributed by atoms with van der Waals surface area (Å²) in [5.74, 6) is -0.379. The Morgan fingerprint density at radius 1 is 1.08 bits per heavy atom. The van der Waals surface area contributed by atoms with Gasteiger partial charge in [0.15, 0.2) is 0 Å². The highest BCUT2D eigenvalue weighted by atomic mass is 19.1. The minimum absolute atomic E-state index is 0.124. The molecule has 0 saturated heterocycles. The minimum Gasteiger partial charge on any atom is -0.352 e. The summed E-state index contributed by atoms with van der Waals surface area (Å²) in [6.45, 7) is 2.48. The van der Waals surface area contributed by atoms with Gasteiger partial charge in [0.05, 0.1) is 5.69 Å². The second kappa shape index (κ2) is 7.08. The summed E-state index contributed by atoms with van der Waals surface area (Å²) in [5.41, 5.74) is 3.54. The molecule has 4 nitrogen and oxygen atoms in total. The normalized spacial score (nSPS) is 10.6. The number of aryl methyl sites for hydroxylation is 1. The lowest BCUT2D eigenvalue weighted by atomic mass is 10.1. The molecule has 0 atom stereocenters. The van der Waals surface area contributed by atoms with Crippen LogP contribution in [0.25, 0.3) is 5.69 Å². The van der Waals surface area contributed by atoms with Gasteiger partial charge < -0.3 is 5.32 Å². The quantitative estimate of drug-likeness (QED) is 0.783. The Morgan fingerprint density at radius 2 is 1.79 bits per heavy atom. The van der Waals surface area contributed by atoms with Gasteiger partial charge in [0.1, 0.15) is 5.82 Å². The monoisotopic (exact) mass is 323 g/mol. The van der Waals surface area contributed by atoms with E-state index in [-0.39, 0.29) is 11.7 Å². The van der Waals surface area contributed by atoms with Gasteiger partial charge in [-0.2, -0.15) is 5.10 Å². The summed E-state index contributed by atoms with van der Waals surface area (Å²) in [6, 6.07) is 15.5. The van der Waals surface area contributed by atoms with E-state index >= 15 is 0 Å². The van der Waals surface area contributed by atoms with Crippen LogP contribution in [0.4, 0.5) is 4.39 Å². The molecule has 0 saturated carbocycles. The molecule has 2 aromatic carbocycles. The molecule has 122 valence electrons. The van der Waals surface area contributed by atoms with Crippen LogP contribution < -0.4 is 5.32 Å². The van der Waals surface area contributed by atoms with Crippen molar-refractivity contribution in [2.45, 2.75) is 13.3 Å². The average Bonchev–Trinajstić information content (AvgIpc) is 3.03. The van der Waals surface area contributed by atoms with Crippen molar-refractivity contribution in [3.63, 3.8) is 0 Å². The third-order valence-corrected chi connectivity index (χ3v) is 3.82. The van der Waals surface area contributed by atoms with E-state index < -0.39 is 0 Å². The molecule has 1 aromatic heterocycles. The second-order valence-corrected chi connectivity index (χ2v) is 5.56. The highest BCUT2D eigenvalue weighted by Gasteiger charge is 2.06. The summed E-state index contributed by atoms with van der Waals surface area (Å²) in [7, 11) is 0. The first-order valence-electron chi connectivity index (χ1n) is 7.77. The van der Waals surface area contributed by atoms with Crippen molar-refractivity contribution in [1.29, 1.82) is 0 Å². The first-order chi connectivity index (χ1) is 11.6. The number of nitrogens with zero attached hydrogens (tertiary/aromatic N) is 2. The number of nitrogens with one attached hydrogen (secondary N) is 1. The molecule has 24 heavy (non-hydrogen) atoms. The van der Waals surface area contributed by atoms with E-state index in [9.17, 15) is 9.18 Å². The molecule has 1 amide bonds. The van der Waals surface area contributed by atoms with Gasteiger partial charge in [0.2, 0.25) is 0 Å². The lowest BCUT2D eigenvalue weighted by Crippen LogP contribution is -2.25. The number of hydrogen-bond acceptors (Lipinski definition) is 2. The third-order valence-electron chi connectivity index (χ3n) is 3.82. The Bertz CT molecular complexity index is 823. The summed E-state index contributed by atoms with van der Waals surface area (Å²) in [6.07, 6.45) is 2.40. The van der Waals surface area contributed by atoms with Crippen LogP contribution in [0.5, 0.6) is 0 Å². The van der Waals surface area contributed by atoms with E-state index in [4.69, 9.17) is 0 Å². The predicted molar refractivity (Wildman–Crippen MR) is 90.7 cm³/mol.